The molecule has 0 aliphatic carbocycles. The van der Waals surface area contributed by atoms with Gasteiger partial charge in [-0.25, -0.2) is 4.98 Å². The number of hydrogen-bond donors (Lipinski definition) is 2. The van der Waals surface area contributed by atoms with Gasteiger partial charge in [-0.2, -0.15) is 0 Å². The molecule has 1 aromatic carbocycles. The molecular weight excluding hydrogens is 258 g/mol. The van der Waals surface area contributed by atoms with E-state index in [9.17, 15) is 4.79 Å². The fraction of sp³-hybridized carbons (Fsp3) is 0.286. The highest BCUT2D eigenvalue weighted by molar-refractivity contribution is 7.13. The van der Waals surface area contributed by atoms with Crippen molar-refractivity contribution in [3.8, 4) is 0 Å². The van der Waals surface area contributed by atoms with Crippen LogP contribution in [0.2, 0.25) is 0 Å². The zero-order valence-electron chi connectivity index (χ0n) is 11.3. The van der Waals surface area contributed by atoms with Crippen LogP contribution in [0, 0.1) is 13.8 Å². The number of benzene rings is 1. The third-order valence-electron chi connectivity index (χ3n) is 2.99. The van der Waals surface area contributed by atoms with Gasteiger partial charge in [-0.1, -0.05) is 12.1 Å². The second kappa shape index (κ2) is 5.84. The topological polar surface area (TPSA) is 54.0 Å². The first-order valence-electron chi connectivity index (χ1n) is 6.08. The summed E-state index contributed by atoms with van der Waals surface area (Å²) in [7, 11) is 1.82. The molecule has 0 aliphatic heterocycles. The van der Waals surface area contributed by atoms with E-state index in [1.54, 1.807) is 0 Å². The summed E-state index contributed by atoms with van der Waals surface area (Å²) in [6.07, 6.45) is 0.297. The highest BCUT2D eigenvalue weighted by atomic mass is 32.1. The lowest BCUT2D eigenvalue weighted by atomic mass is 10.1. The predicted octanol–water partition coefficient (Wildman–Crippen LogP) is 2.98. The molecule has 5 heteroatoms. The lowest BCUT2D eigenvalue weighted by Gasteiger charge is -2.09. The summed E-state index contributed by atoms with van der Waals surface area (Å²) in [6.45, 7) is 4.04. The third kappa shape index (κ3) is 3.32. The van der Waals surface area contributed by atoms with Gasteiger partial charge in [0, 0.05) is 18.1 Å². The maximum Gasteiger partial charge on any atom is 0.230 e. The van der Waals surface area contributed by atoms with Gasteiger partial charge in [0.1, 0.15) is 0 Å². The van der Waals surface area contributed by atoms with E-state index in [-0.39, 0.29) is 5.91 Å². The minimum absolute atomic E-state index is 0.0401. The molecule has 0 spiro atoms. The highest BCUT2D eigenvalue weighted by Gasteiger charge is 2.09. The Morgan fingerprint density at radius 2 is 2.16 bits per heavy atom. The standard InChI is InChI=1S/C14H17N3OS/c1-9-5-4-6-12(10(9)2)17-13(18)7-11-8-19-14(15-3)16-11/h4-6,8H,7H2,1-3H3,(H,15,16)(H,17,18). The van der Waals surface area contributed by atoms with Crippen molar-refractivity contribution in [1.82, 2.24) is 4.98 Å². The SMILES string of the molecule is CNc1nc(CC(=O)Nc2cccc(C)c2C)cs1. The molecule has 0 aliphatic rings. The summed E-state index contributed by atoms with van der Waals surface area (Å²) in [4.78, 5) is 16.3. The fourth-order valence-corrected chi connectivity index (χ4v) is 2.42. The molecule has 2 rings (SSSR count). The first-order chi connectivity index (χ1) is 9.10. The van der Waals surface area contributed by atoms with E-state index in [1.807, 2.05) is 44.5 Å². The van der Waals surface area contributed by atoms with Crippen LogP contribution in [0.5, 0.6) is 0 Å². The van der Waals surface area contributed by atoms with Crippen LogP contribution in [0.4, 0.5) is 10.8 Å². The smallest absolute Gasteiger partial charge is 0.230 e. The normalized spacial score (nSPS) is 10.3. The molecule has 0 unspecified atom stereocenters. The van der Waals surface area contributed by atoms with Crippen molar-refractivity contribution in [2.24, 2.45) is 0 Å². The van der Waals surface area contributed by atoms with E-state index in [0.717, 1.165) is 22.1 Å². The van der Waals surface area contributed by atoms with Gasteiger partial charge in [-0.15, -0.1) is 11.3 Å². The van der Waals surface area contributed by atoms with Crippen LogP contribution in [-0.4, -0.2) is 17.9 Å². The largest absolute Gasteiger partial charge is 0.365 e. The van der Waals surface area contributed by atoms with Crippen molar-refractivity contribution >= 4 is 28.1 Å². The fourth-order valence-electron chi connectivity index (χ4n) is 1.75. The first kappa shape index (κ1) is 13.5. The first-order valence-corrected chi connectivity index (χ1v) is 6.96. The van der Waals surface area contributed by atoms with Crippen LogP contribution in [0.25, 0.3) is 0 Å². The molecule has 0 fully saturated rings. The second-order valence-corrected chi connectivity index (χ2v) is 5.22. The maximum absolute atomic E-state index is 12.0. The molecule has 2 N–H and O–H groups in total. The van der Waals surface area contributed by atoms with Crippen molar-refractivity contribution in [3.05, 3.63) is 40.4 Å². The Hall–Kier alpha value is -1.88. The molecule has 1 heterocycles. The van der Waals surface area contributed by atoms with Gasteiger partial charge in [0.2, 0.25) is 5.91 Å². The predicted molar refractivity (Wildman–Crippen MR) is 79.9 cm³/mol. The zero-order valence-corrected chi connectivity index (χ0v) is 12.1. The van der Waals surface area contributed by atoms with Gasteiger partial charge in [0.05, 0.1) is 12.1 Å². The van der Waals surface area contributed by atoms with Crippen molar-refractivity contribution in [2.45, 2.75) is 20.3 Å². The summed E-state index contributed by atoms with van der Waals surface area (Å²) in [5, 5.41) is 8.62. The number of rotatable bonds is 4. The van der Waals surface area contributed by atoms with Gasteiger partial charge < -0.3 is 10.6 Å². The van der Waals surface area contributed by atoms with Crippen LogP contribution in [0.1, 0.15) is 16.8 Å². The number of thiazole rings is 1. The lowest BCUT2D eigenvalue weighted by molar-refractivity contribution is -0.115. The number of hydrogen-bond acceptors (Lipinski definition) is 4. The number of amides is 1. The van der Waals surface area contributed by atoms with Crippen LogP contribution >= 0.6 is 11.3 Å². The van der Waals surface area contributed by atoms with Crippen LogP contribution in [0.15, 0.2) is 23.6 Å². The summed E-state index contributed by atoms with van der Waals surface area (Å²) in [5.41, 5.74) is 3.93. The number of aromatic nitrogens is 1. The summed E-state index contributed by atoms with van der Waals surface area (Å²) in [6, 6.07) is 5.89. The monoisotopic (exact) mass is 275 g/mol. The summed E-state index contributed by atoms with van der Waals surface area (Å²) >= 11 is 1.50. The highest BCUT2D eigenvalue weighted by Crippen LogP contribution is 2.19. The van der Waals surface area contributed by atoms with Crippen molar-refractivity contribution < 1.29 is 4.79 Å². The minimum Gasteiger partial charge on any atom is -0.365 e. The Morgan fingerprint density at radius 3 is 2.84 bits per heavy atom. The van der Waals surface area contributed by atoms with Crippen LogP contribution in [-0.2, 0) is 11.2 Å². The Bertz CT molecular complexity index is 592. The van der Waals surface area contributed by atoms with Crippen molar-refractivity contribution in [2.75, 3.05) is 17.7 Å². The van der Waals surface area contributed by atoms with Gasteiger partial charge in [-0.3, -0.25) is 4.79 Å². The Labute approximate surface area is 116 Å². The molecule has 2 aromatic rings. The number of carbonyl (C=O) groups excluding carboxylic acids is 1. The molecule has 4 nitrogen and oxygen atoms in total. The van der Waals surface area contributed by atoms with Crippen molar-refractivity contribution in [3.63, 3.8) is 0 Å². The van der Waals surface area contributed by atoms with Gasteiger partial charge in [0.15, 0.2) is 5.13 Å². The summed E-state index contributed by atoms with van der Waals surface area (Å²) in [5.74, 6) is -0.0401. The van der Waals surface area contributed by atoms with Crippen LogP contribution in [0.3, 0.4) is 0 Å². The quantitative estimate of drug-likeness (QED) is 0.902. The van der Waals surface area contributed by atoms with E-state index < -0.39 is 0 Å². The molecule has 19 heavy (non-hydrogen) atoms. The second-order valence-electron chi connectivity index (χ2n) is 4.37. The van der Waals surface area contributed by atoms with Crippen LogP contribution < -0.4 is 10.6 Å². The molecule has 0 saturated carbocycles. The summed E-state index contributed by atoms with van der Waals surface area (Å²) < 4.78 is 0. The maximum atomic E-state index is 12.0. The number of anilines is 2. The molecule has 0 radical (unpaired) electrons. The minimum atomic E-state index is -0.0401. The molecule has 0 bridgehead atoms. The molecular formula is C14H17N3OS. The van der Waals surface area contributed by atoms with E-state index >= 15 is 0 Å². The van der Waals surface area contributed by atoms with E-state index in [0.29, 0.717) is 6.42 Å². The average Bonchev–Trinajstić information content (AvgIpc) is 2.82. The van der Waals surface area contributed by atoms with Crippen molar-refractivity contribution in [1.29, 1.82) is 0 Å². The Morgan fingerprint density at radius 1 is 1.37 bits per heavy atom. The Kier molecular flexibility index (Phi) is 4.16. The van der Waals surface area contributed by atoms with E-state index in [4.69, 9.17) is 0 Å². The molecule has 100 valence electrons. The Balaban J connectivity index is 2.03. The number of carbonyl (C=O) groups is 1. The molecule has 1 amide bonds. The van der Waals surface area contributed by atoms with Gasteiger partial charge in [-0.05, 0) is 31.0 Å². The van der Waals surface area contributed by atoms with Gasteiger partial charge in [0.25, 0.3) is 0 Å². The average molecular weight is 275 g/mol. The third-order valence-corrected chi connectivity index (χ3v) is 3.89. The number of aryl methyl sites for hydroxylation is 1. The zero-order chi connectivity index (χ0) is 13.8. The number of nitrogens with zero attached hydrogens (tertiary/aromatic N) is 1. The van der Waals surface area contributed by atoms with Gasteiger partial charge >= 0.3 is 0 Å². The number of nitrogens with one attached hydrogen (secondary N) is 2. The molecule has 1 aromatic heterocycles. The van der Waals surface area contributed by atoms with E-state index in [1.165, 1.54) is 16.9 Å². The van der Waals surface area contributed by atoms with E-state index in [2.05, 4.69) is 15.6 Å². The molecule has 0 atom stereocenters. The molecule has 0 saturated heterocycles. The lowest BCUT2D eigenvalue weighted by Crippen LogP contribution is -2.15.